The summed E-state index contributed by atoms with van der Waals surface area (Å²) >= 11 is 0. The van der Waals surface area contributed by atoms with Crippen molar-refractivity contribution in [1.29, 1.82) is 0 Å². The van der Waals surface area contributed by atoms with E-state index in [1.54, 1.807) is 0 Å². The molecule has 0 aromatic carbocycles. The van der Waals surface area contributed by atoms with E-state index in [4.69, 9.17) is 0 Å². The molecule has 4 nitrogen and oxygen atoms in total. The number of nitrogens with one attached hydrogen (secondary N) is 1. The molecular weight excluding hydrogens is 226 g/mol. The number of rotatable bonds is 5. The lowest BCUT2D eigenvalue weighted by Crippen LogP contribution is -2.51. The molecule has 0 radical (unpaired) electrons. The summed E-state index contributed by atoms with van der Waals surface area (Å²) in [5, 5.41) is 3.51. The maximum atomic E-state index is 11.6. The van der Waals surface area contributed by atoms with Gasteiger partial charge in [0.25, 0.3) is 0 Å². The van der Waals surface area contributed by atoms with E-state index in [1.807, 2.05) is 0 Å². The van der Waals surface area contributed by atoms with Gasteiger partial charge in [-0.1, -0.05) is 6.58 Å². The Morgan fingerprint density at radius 3 is 2.94 bits per heavy atom. The number of nitrogens with zero attached hydrogens (tertiary/aromatic N) is 2. The molecule has 1 aliphatic carbocycles. The number of hydrogen-bond acceptors (Lipinski definition) is 3. The highest BCUT2D eigenvalue weighted by Gasteiger charge is 2.35. The van der Waals surface area contributed by atoms with E-state index >= 15 is 0 Å². The minimum atomic E-state index is 0.355. The van der Waals surface area contributed by atoms with Crippen molar-refractivity contribution in [2.45, 2.75) is 37.8 Å². The van der Waals surface area contributed by atoms with Gasteiger partial charge >= 0.3 is 0 Å². The average Bonchev–Trinajstić information content (AvgIpc) is 3.12. The third-order valence-corrected chi connectivity index (χ3v) is 4.24. The number of fused-ring (bicyclic) bond motifs is 1. The molecule has 0 aromatic heterocycles. The van der Waals surface area contributed by atoms with E-state index in [0.717, 1.165) is 51.6 Å². The number of hydrogen-bond donors (Lipinski definition) is 1. The third-order valence-electron chi connectivity index (χ3n) is 4.24. The molecule has 100 valence electrons. The smallest absolute Gasteiger partial charge is 0.222 e. The van der Waals surface area contributed by atoms with Gasteiger partial charge < -0.3 is 10.2 Å². The Morgan fingerprint density at radius 2 is 2.17 bits per heavy atom. The van der Waals surface area contributed by atoms with Gasteiger partial charge in [0.2, 0.25) is 5.91 Å². The van der Waals surface area contributed by atoms with Crippen molar-refractivity contribution in [3.05, 3.63) is 12.2 Å². The lowest BCUT2D eigenvalue weighted by atomic mass is 10.1. The molecule has 1 unspecified atom stereocenters. The van der Waals surface area contributed by atoms with E-state index < -0.39 is 0 Å². The first-order valence-corrected chi connectivity index (χ1v) is 7.14. The van der Waals surface area contributed by atoms with E-state index in [9.17, 15) is 4.79 Å². The van der Waals surface area contributed by atoms with Crippen LogP contribution in [0.3, 0.4) is 0 Å². The van der Waals surface area contributed by atoms with E-state index in [1.165, 1.54) is 18.4 Å². The van der Waals surface area contributed by atoms with Gasteiger partial charge in [-0.25, -0.2) is 0 Å². The molecule has 1 N–H and O–H groups in total. The van der Waals surface area contributed by atoms with Crippen LogP contribution in [0.4, 0.5) is 0 Å². The number of piperazine rings is 1. The first kappa shape index (κ1) is 12.2. The second-order valence-corrected chi connectivity index (χ2v) is 5.92. The van der Waals surface area contributed by atoms with Crippen molar-refractivity contribution in [2.75, 3.05) is 32.7 Å². The van der Waals surface area contributed by atoms with E-state index in [-0.39, 0.29) is 0 Å². The third kappa shape index (κ3) is 2.75. The Hall–Kier alpha value is -0.870. The fraction of sp³-hybridized carbons (Fsp3) is 0.786. The minimum Gasteiger partial charge on any atom is -0.337 e. The second kappa shape index (κ2) is 5.02. The molecule has 0 spiro atoms. The Morgan fingerprint density at radius 1 is 1.33 bits per heavy atom. The minimum absolute atomic E-state index is 0.355. The predicted molar refractivity (Wildman–Crippen MR) is 71.3 cm³/mol. The molecule has 3 aliphatic rings. The van der Waals surface area contributed by atoms with Crippen LogP contribution in [0.15, 0.2) is 12.2 Å². The molecule has 18 heavy (non-hydrogen) atoms. The van der Waals surface area contributed by atoms with Crippen molar-refractivity contribution < 1.29 is 4.79 Å². The van der Waals surface area contributed by atoms with E-state index in [0.29, 0.717) is 11.9 Å². The Bertz CT molecular complexity index is 351. The van der Waals surface area contributed by atoms with Crippen LogP contribution in [-0.4, -0.2) is 60.5 Å². The molecule has 0 bridgehead atoms. The van der Waals surface area contributed by atoms with Crippen LogP contribution in [-0.2, 0) is 4.79 Å². The second-order valence-electron chi connectivity index (χ2n) is 5.92. The number of carbonyl (C=O) groups excluding carboxylic acids is 1. The molecule has 2 heterocycles. The quantitative estimate of drug-likeness (QED) is 0.725. The first-order valence-electron chi connectivity index (χ1n) is 7.14. The van der Waals surface area contributed by atoms with Crippen molar-refractivity contribution in [3.63, 3.8) is 0 Å². The summed E-state index contributed by atoms with van der Waals surface area (Å²) in [5.74, 6) is 0.355. The predicted octanol–water partition coefficient (Wildman–Crippen LogP) is 0.601. The molecule has 0 aromatic rings. The molecule has 3 rings (SSSR count). The molecule has 2 saturated heterocycles. The number of amides is 1. The Balaban J connectivity index is 1.43. The zero-order chi connectivity index (χ0) is 12.5. The maximum absolute atomic E-state index is 11.6. The molecule has 1 atom stereocenters. The van der Waals surface area contributed by atoms with Gasteiger partial charge in [0.15, 0.2) is 0 Å². The highest BCUT2D eigenvalue weighted by molar-refractivity contribution is 5.78. The molecular formula is C14H23N3O. The normalized spacial score (nSPS) is 28.6. The van der Waals surface area contributed by atoms with Crippen LogP contribution in [0.2, 0.25) is 0 Å². The molecule has 3 fully saturated rings. The van der Waals surface area contributed by atoms with Crippen LogP contribution < -0.4 is 5.32 Å². The standard InChI is InChI=1S/C14H23N3O/c1-11(8-15-12-2-3-12)9-16-6-7-17-13(10-16)4-5-14(17)18/h12-13,15H,1-10H2. The van der Waals surface area contributed by atoms with Crippen molar-refractivity contribution in [2.24, 2.45) is 0 Å². The van der Waals surface area contributed by atoms with Gasteiger partial charge in [-0.2, -0.15) is 0 Å². The zero-order valence-corrected chi connectivity index (χ0v) is 11.0. The summed E-state index contributed by atoms with van der Waals surface area (Å²) in [4.78, 5) is 16.1. The lowest BCUT2D eigenvalue weighted by Gasteiger charge is -2.37. The Kier molecular flexibility index (Phi) is 3.39. The van der Waals surface area contributed by atoms with Gasteiger partial charge in [-0.3, -0.25) is 9.69 Å². The van der Waals surface area contributed by atoms with Crippen LogP contribution in [0.25, 0.3) is 0 Å². The summed E-state index contributed by atoms with van der Waals surface area (Å²) in [6, 6.07) is 1.22. The highest BCUT2D eigenvalue weighted by Crippen LogP contribution is 2.23. The van der Waals surface area contributed by atoms with Crippen LogP contribution in [0, 0.1) is 0 Å². The molecule has 1 saturated carbocycles. The summed E-state index contributed by atoms with van der Waals surface area (Å²) in [7, 11) is 0. The monoisotopic (exact) mass is 249 g/mol. The van der Waals surface area contributed by atoms with Crippen LogP contribution in [0.5, 0.6) is 0 Å². The summed E-state index contributed by atoms with van der Waals surface area (Å²) in [6.07, 6.45) is 4.46. The fourth-order valence-electron chi connectivity index (χ4n) is 3.02. The first-order chi connectivity index (χ1) is 8.72. The van der Waals surface area contributed by atoms with Gasteiger partial charge in [0, 0.05) is 51.2 Å². The van der Waals surface area contributed by atoms with Crippen LogP contribution in [0.1, 0.15) is 25.7 Å². The Labute approximate surface area is 109 Å². The molecule has 2 aliphatic heterocycles. The highest BCUT2D eigenvalue weighted by atomic mass is 16.2. The van der Waals surface area contributed by atoms with Gasteiger partial charge in [-0.15, -0.1) is 0 Å². The van der Waals surface area contributed by atoms with Gasteiger partial charge in [0.05, 0.1) is 0 Å². The zero-order valence-electron chi connectivity index (χ0n) is 11.0. The van der Waals surface area contributed by atoms with E-state index in [2.05, 4.69) is 21.7 Å². The largest absolute Gasteiger partial charge is 0.337 e. The average molecular weight is 249 g/mol. The lowest BCUT2D eigenvalue weighted by molar-refractivity contribution is -0.130. The molecule has 4 heteroatoms. The summed E-state index contributed by atoms with van der Waals surface area (Å²) in [5.41, 5.74) is 1.28. The fourth-order valence-corrected chi connectivity index (χ4v) is 3.02. The van der Waals surface area contributed by atoms with Crippen molar-refractivity contribution >= 4 is 5.91 Å². The maximum Gasteiger partial charge on any atom is 0.222 e. The van der Waals surface area contributed by atoms with Gasteiger partial charge in [-0.05, 0) is 24.8 Å². The van der Waals surface area contributed by atoms with Crippen LogP contribution >= 0.6 is 0 Å². The SMILES string of the molecule is C=C(CNC1CC1)CN1CCN2C(=O)CCC2C1. The van der Waals surface area contributed by atoms with Crippen molar-refractivity contribution in [3.8, 4) is 0 Å². The van der Waals surface area contributed by atoms with Crippen molar-refractivity contribution in [1.82, 2.24) is 15.1 Å². The number of carbonyl (C=O) groups is 1. The topological polar surface area (TPSA) is 35.6 Å². The molecule has 1 amide bonds. The summed E-state index contributed by atoms with van der Waals surface area (Å²) < 4.78 is 0. The summed E-state index contributed by atoms with van der Waals surface area (Å²) in [6.45, 7) is 9.05. The van der Waals surface area contributed by atoms with Gasteiger partial charge in [0.1, 0.15) is 0 Å².